The van der Waals surface area contributed by atoms with Gasteiger partial charge in [-0.15, -0.1) is 0 Å². The zero-order valence-electron chi connectivity index (χ0n) is 10.3. The van der Waals surface area contributed by atoms with Gasteiger partial charge in [-0.3, -0.25) is 4.72 Å². The van der Waals surface area contributed by atoms with Gasteiger partial charge in [0.25, 0.3) is 10.0 Å². The average molecular weight is 423 g/mol. The van der Waals surface area contributed by atoms with Crippen LogP contribution in [0.2, 0.25) is 0 Å². The first kappa shape index (κ1) is 15.5. The third-order valence-corrected chi connectivity index (χ3v) is 5.40. The van der Waals surface area contributed by atoms with Gasteiger partial charge >= 0.3 is 0 Å². The molecule has 0 heterocycles. The van der Waals surface area contributed by atoms with Crippen LogP contribution in [-0.4, -0.2) is 8.42 Å². The first-order valence-corrected chi connectivity index (χ1v) is 8.60. The van der Waals surface area contributed by atoms with Crippen LogP contribution >= 0.6 is 31.9 Å². The molecule has 0 aliphatic heterocycles. The lowest BCUT2D eigenvalue weighted by Gasteiger charge is -2.11. The van der Waals surface area contributed by atoms with Gasteiger partial charge in [0.1, 0.15) is 10.7 Å². The topological polar surface area (TPSA) is 46.2 Å². The fraction of sp³-hybridized carbons (Fsp3) is 0.0769. The molecule has 0 saturated heterocycles. The molecule has 20 heavy (non-hydrogen) atoms. The van der Waals surface area contributed by atoms with Gasteiger partial charge in [-0.05, 0) is 58.7 Å². The molecule has 0 spiro atoms. The zero-order chi connectivity index (χ0) is 14.9. The molecule has 7 heteroatoms. The highest BCUT2D eigenvalue weighted by Crippen LogP contribution is 2.28. The predicted octanol–water partition coefficient (Wildman–Crippen LogP) is 4.46. The van der Waals surface area contributed by atoms with Crippen molar-refractivity contribution >= 4 is 47.6 Å². The van der Waals surface area contributed by atoms with E-state index in [2.05, 4.69) is 36.6 Å². The third kappa shape index (κ3) is 3.39. The number of aryl methyl sites for hydroxylation is 1. The van der Waals surface area contributed by atoms with Crippen molar-refractivity contribution in [3.05, 3.63) is 56.7 Å². The molecule has 0 atom stereocenters. The largest absolute Gasteiger partial charge is 0.277 e. The van der Waals surface area contributed by atoms with Gasteiger partial charge in [-0.2, -0.15) is 0 Å². The van der Waals surface area contributed by atoms with E-state index in [-0.39, 0.29) is 10.6 Å². The van der Waals surface area contributed by atoms with E-state index in [1.165, 1.54) is 18.2 Å². The molecule has 106 valence electrons. The number of hydrogen-bond acceptors (Lipinski definition) is 2. The lowest BCUT2D eigenvalue weighted by Crippen LogP contribution is -2.14. The summed E-state index contributed by atoms with van der Waals surface area (Å²) in [5.74, 6) is -0.620. The highest BCUT2D eigenvalue weighted by Gasteiger charge is 2.19. The fourth-order valence-electron chi connectivity index (χ4n) is 1.60. The molecule has 2 rings (SSSR count). The van der Waals surface area contributed by atoms with Gasteiger partial charge in [-0.25, -0.2) is 12.8 Å². The van der Waals surface area contributed by atoms with Crippen molar-refractivity contribution in [1.82, 2.24) is 0 Å². The lowest BCUT2D eigenvalue weighted by atomic mass is 10.2. The molecule has 1 N–H and O–H groups in total. The minimum absolute atomic E-state index is 0.0350. The summed E-state index contributed by atoms with van der Waals surface area (Å²) in [5.41, 5.74) is 0.689. The Morgan fingerprint density at radius 2 is 1.80 bits per heavy atom. The number of rotatable bonds is 3. The van der Waals surface area contributed by atoms with Gasteiger partial charge in [0.05, 0.1) is 5.69 Å². The Labute approximate surface area is 133 Å². The summed E-state index contributed by atoms with van der Waals surface area (Å²) >= 11 is 6.39. The Bertz CT molecular complexity index is 763. The van der Waals surface area contributed by atoms with Crippen LogP contribution in [0.25, 0.3) is 0 Å². The van der Waals surface area contributed by atoms with Crippen LogP contribution in [0, 0.1) is 12.7 Å². The highest BCUT2D eigenvalue weighted by molar-refractivity contribution is 9.11. The molecule has 2 aromatic carbocycles. The van der Waals surface area contributed by atoms with E-state index in [0.29, 0.717) is 8.95 Å². The predicted molar refractivity (Wildman–Crippen MR) is 83.8 cm³/mol. The average Bonchev–Trinajstić information content (AvgIpc) is 2.36. The third-order valence-electron chi connectivity index (χ3n) is 2.55. The molecule has 0 aliphatic rings. The van der Waals surface area contributed by atoms with E-state index >= 15 is 0 Å². The fourth-order valence-corrected chi connectivity index (χ4v) is 4.16. The summed E-state index contributed by atoms with van der Waals surface area (Å²) in [6.07, 6.45) is 0. The number of hydrogen-bond donors (Lipinski definition) is 1. The van der Waals surface area contributed by atoms with Crippen LogP contribution in [0.3, 0.4) is 0 Å². The van der Waals surface area contributed by atoms with E-state index in [1.807, 2.05) is 0 Å². The van der Waals surface area contributed by atoms with Crippen molar-refractivity contribution < 1.29 is 12.8 Å². The molecule has 0 bridgehead atoms. The minimum Gasteiger partial charge on any atom is -0.277 e. The standard InChI is InChI=1S/C13H10Br2FNO2S/c1-8-2-5-11(16)12(6-8)17-20(18,19)13-7-9(14)3-4-10(13)15/h2-7,17H,1H3. The van der Waals surface area contributed by atoms with E-state index in [9.17, 15) is 12.8 Å². The van der Waals surface area contributed by atoms with Gasteiger partial charge in [0, 0.05) is 8.95 Å². The van der Waals surface area contributed by atoms with Crippen LogP contribution in [0.5, 0.6) is 0 Å². The second-order valence-corrected chi connectivity index (χ2v) is 7.58. The summed E-state index contributed by atoms with van der Waals surface area (Å²) in [7, 11) is -3.87. The van der Waals surface area contributed by atoms with Crippen molar-refractivity contribution in [2.45, 2.75) is 11.8 Å². The van der Waals surface area contributed by atoms with E-state index in [1.54, 1.807) is 25.1 Å². The second-order valence-electron chi connectivity index (χ2n) is 4.16. The number of sulfonamides is 1. The molecular weight excluding hydrogens is 413 g/mol. The summed E-state index contributed by atoms with van der Waals surface area (Å²) in [4.78, 5) is 0.0350. The molecule has 0 fully saturated rings. The minimum atomic E-state index is -3.87. The Morgan fingerprint density at radius 1 is 1.10 bits per heavy atom. The van der Waals surface area contributed by atoms with Crippen LogP contribution in [0.4, 0.5) is 10.1 Å². The van der Waals surface area contributed by atoms with Crippen molar-refractivity contribution in [3.63, 3.8) is 0 Å². The lowest BCUT2D eigenvalue weighted by molar-refractivity contribution is 0.598. The summed E-state index contributed by atoms with van der Waals surface area (Å²) in [6, 6.07) is 8.99. The van der Waals surface area contributed by atoms with Crippen molar-refractivity contribution in [3.8, 4) is 0 Å². The summed E-state index contributed by atoms with van der Waals surface area (Å²) in [5, 5.41) is 0. The first-order valence-electron chi connectivity index (χ1n) is 5.53. The molecule has 0 radical (unpaired) electrons. The van der Waals surface area contributed by atoms with Crippen molar-refractivity contribution in [1.29, 1.82) is 0 Å². The Kier molecular flexibility index (Phi) is 4.51. The molecule has 0 saturated carbocycles. The maximum atomic E-state index is 13.6. The normalized spacial score (nSPS) is 11.4. The van der Waals surface area contributed by atoms with E-state index in [4.69, 9.17) is 0 Å². The summed E-state index contributed by atoms with van der Waals surface area (Å²) in [6.45, 7) is 1.76. The smallest absolute Gasteiger partial charge is 0.263 e. The number of halogens is 3. The molecule has 0 aromatic heterocycles. The maximum absolute atomic E-state index is 13.6. The molecule has 0 aliphatic carbocycles. The van der Waals surface area contributed by atoms with E-state index in [0.717, 1.165) is 5.56 Å². The van der Waals surface area contributed by atoms with Crippen molar-refractivity contribution in [2.24, 2.45) is 0 Å². The highest BCUT2D eigenvalue weighted by atomic mass is 79.9. The van der Waals surface area contributed by atoms with Gasteiger partial charge in [0.15, 0.2) is 0 Å². The monoisotopic (exact) mass is 421 g/mol. The Morgan fingerprint density at radius 3 is 2.50 bits per heavy atom. The molecule has 2 aromatic rings. The van der Waals surface area contributed by atoms with E-state index < -0.39 is 15.8 Å². The maximum Gasteiger partial charge on any atom is 0.263 e. The summed E-state index contributed by atoms with van der Waals surface area (Å²) < 4.78 is 41.5. The SMILES string of the molecule is Cc1ccc(F)c(NS(=O)(=O)c2cc(Br)ccc2Br)c1. The van der Waals surface area contributed by atoms with Gasteiger partial charge in [-0.1, -0.05) is 22.0 Å². The van der Waals surface area contributed by atoms with Crippen LogP contribution in [-0.2, 0) is 10.0 Å². The first-order chi connectivity index (χ1) is 9.29. The molecule has 3 nitrogen and oxygen atoms in total. The zero-order valence-corrected chi connectivity index (χ0v) is 14.3. The van der Waals surface area contributed by atoms with Crippen molar-refractivity contribution in [2.75, 3.05) is 4.72 Å². The number of anilines is 1. The Balaban J connectivity index is 2.46. The molecular formula is C13H10Br2FNO2S. The Hall–Kier alpha value is -0.920. The molecule has 0 unspecified atom stereocenters. The quantitative estimate of drug-likeness (QED) is 0.793. The van der Waals surface area contributed by atoms with Crippen LogP contribution in [0.15, 0.2) is 50.2 Å². The van der Waals surface area contributed by atoms with Gasteiger partial charge in [0.2, 0.25) is 0 Å². The number of nitrogens with one attached hydrogen (secondary N) is 1. The van der Waals surface area contributed by atoms with Crippen LogP contribution < -0.4 is 4.72 Å². The van der Waals surface area contributed by atoms with Crippen LogP contribution in [0.1, 0.15) is 5.56 Å². The van der Waals surface area contributed by atoms with Gasteiger partial charge < -0.3 is 0 Å². The molecule has 0 amide bonds. The second kappa shape index (κ2) is 5.83. The number of benzene rings is 2.